The number of imidazole rings is 1. The molecule has 5 heteroatoms. The first kappa shape index (κ1) is 15.0. The number of benzene rings is 2. The molecule has 0 aliphatic carbocycles. The smallest absolute Gasteiger partial charge is 0.258 e. The van der Waals surface area contributed by atoms with Gasteiger partial charge in [0.2, 0.25) is 0 Å². The lowest BCUT2D eigenvalue weighted by Crippen LogP contribution is -2.28. The third-order valence-corrected chi connectivity index (χ3v) is 4.67. The minimum absolute atomic E-state index is 0.0171. The first-order valence-corrected chi connectivity index (χ1v) is 8.24. The molecule has 0 saturated heterocycles. The number of amides is 1. The predicted molar refractivity (Wildman–Crippen MR) is 94.6 cm³/mol. The maximum atomic E-state index is 12.9. The Hall–Kier alpha value is -2.59. The van der Waals surface area contributed by atoms with Crippen LogP contribution in [0.5, 0.6) is 0 Å². The maximum Gasteiger partial charge on any atom is 0.258 e. The van der Waals surface area contributed by atoms with Gasteiger partial charge < -0.3 is 9.47 Å². The van der Waals surface area contributed by atoms with E-state index in [2.05, 4.69) is 4.98 Å². The Bertz CT molecular complexity index is 889. The highest BCUT2D eigenvalue weighted by atomic mass is 35.5. The molecule has 1 aliphatic heterocycles. The van der Waals surface area contributed by atoms with E-state index in [-0.39, 0.29) is 5.91 Å². The van der Waals surface area contributed by atoms with Crippen LogP contribution in [0, 0.1) is 0 Å². The molecule has 0 spiro atoms. The van der Waals surface area contributed by atoms with Gasteiger partial charge in [0.25, 0.3) is 5.91 Å². The van der Waals surface area contributed by atoms with Crippen molar-refractivity contribution < 1.29 is 4.79 Å². The van der Waals surface area contributed by atoms with E-state index in [0.29, 0.717) is 18.7 Å². The molecule has 0 saturated carbocycles. The van der Waals surface area contributed by atoms with Crippen molar-refractivity contribution in [2.75, 3.05) is 11.4 Å². The van der Waals surface area contributed by atoms with E-state index in [1.54, 1.807) is 12.5 Å². The molecule has 4 nitrogen and oxygen atoms in total. The van der Waals surface area contributed by atoms with Crippen LogP contribution in [0.1, 0.15) is 21.5 Å². The first-order chi connectivity index (χ1) is 11.7. The molecular weight excluding hydrogens is 322 g/mol. The molecule has 4 rings (SSSR count). The van der Waals surface area contributed by atoms with E-state index in [4.69, 9.17) is 11.6 Å². The predicted octanol–water partition coefficient (Wildman–Crippen LogP) is 3.79. The number of hydrogen-bond donors (Lipinski definition) is 0. The van der Waals surface area contributed by atoms with Gasteiger partial charge in [-0.05, 0) is 41.8 Å². The quantitative estimate of drug-likeness (QED) is 0.729. The number of nitrogens with zero attached hydrogens (tertiary/aromatic N) is 3. The second kappa shape index (κ2) is 6.13. The van der Waals surface area contributed by atoms with Gasteiger partial charge >= 0.3 is 0 Å². The fourth-order valence-corrected chi connectivity index (χ4v) is 3.42. The van der Waals surface area contributed by atoms with Gasteiger partial charge in [0, 0.05) is 41.8 Å². The van der Waals surface area contributed by atoms with Gasteiger partial charge in [-0.25, -0.2) is 4.98 Å². The van der Waals surface area contributed by atoms with E-state index in [1.165, 1.54) is 0 Å². The third-order valence-electron chi connectivity index (χ3n) is 4.31. The Labute approximate surface area is 145 Å². The standard InChI is InChI=1S/C19H16ClN3O/c20-17-5-2-6-18-16(17)7-9-23(18)19(24)15-4-1-3-14(11-15)12-22-10-8-21-13-22/h1-6,8,10-11,13H,7,9,12H2. The van der Waals surface area contributed by atoms with E-state index in [0.717, 1.165) is 28.3 Å². The van der Waals surface area contributed by atoms with Crippen LogP contribution in [0.15, 0.2) is 61.2 Å². The second-order valence-electron chi connectivity index (χ2n) is 5.88. The Balaban J connectivity index is 1.61. The highest BCUT2D eigenvalue weighted by molar-refractivity contribution is 6.32. The molecule has 0 radical (unpaired) electrons. The summed E-state index contributed by atoms with van der Waals surface area (Å²) in [7, 11) is 0. The third kappa shape index (κ3) is 2.69. The summed E-state index contributed by atoms with van der Waals surface area (Å²) >= 11 is 6.24. The second-order valence-corrected chi connectivity index (χ2v) is 6.29. The highest BCUT2D eigenvalue weighted by Gasteiger charge is 2.26. The van der Waals surface area contributed by atoms with Crippen molar-refractivity contribution in [1.82, 2.24) is 9.55 Å². The van der Waals surface area contributed by atoms with Crippen molar-refractivity contribution in [3.05, 3.63) is 82.9 Å². The van der Waals surface area contributed by atoms with Crippen molar-refractivity contribution in [3.63, 3.8) is 0 Å². The number of halogens is 1. The number of hydrogen-bond acceptors (Lipinski definition) is 2. The van der Waals surface area contributed by atoms with Crippen LogP contribution in [0.4, 0.5) is 5.69 Å². The number of aromatic nitrogens is 2. The van der Waals surface area contributed by atoms with Crippen molar-refractivity contribution in [3.8, 4) is 0 Å². The molecule has 0 bridgehead atoms. The number of carbonyl (C=O) groups is 1. The number of anilines is 1. The number of rotatable bonds is 3. The van der Waals surface area contributed by atoms with Gasteiger partial charge in [-0.2, -0.15) is 0 Å². The average Bonchev–Trinajstić information content (AvgIpc) is 3.25. The lowest BCUT2D eigenvalue weighted by molar-refractivity contribution is 0.0989. The normalized spacial score (nSPS) is 13.1. The molecule has 2 heterocycles. The fraction of sp³-hybridized carbons (Fsp3) is 0.158. The van der Waals surface area contributed by atoms with Gasteiger partial charge in [-0.15, -0.1) is 0 Å². The van der Waals surface area contributed by atoms with E-state index in [1.807, 2.05) is 58.1 Å². The molecule has 2 aromatic carbocycles. The highest BCUT2D eigenvalue weighted by Crippen LogP contribution is 2.34. The Morgan fingerprint density at radius 1 is 1.21 bits per heavy atom. The van der Waals surface area contributed by atoms with Gasteiger partial charge in [0.05, 0.1) is 6.33 Å². The van der Waals surface area contributed by atoms with Gasteiger partial charge in [-0.3, -0.25) is 4.79 Å². The zero-order valence-corrected chi connectivity index (χ0v) is 13.8. The lowest BCUT2D eigenvalue weighted by Gasteiger charge is -2.18. The molecular formula is C19H16ClN3O. The topological polar surface area (TPSA) is 38.1 Å². The van der Waals surface area contributed by atoms with Crippen LogP contribution in [0.25, 0.3) is 0 Å². The number of carbonyl (C=O) groups excluding carboxylic acids is 1. The van der Waals surface area contributed by atoms with Gasteiger partial charge in [0.1, 0.15) is 0 Å². The van der Waals surface area contributed by atoms with Crippen LogP contribution >= 0.6 is 11.6 Å². The summed E-state index contributed by atoms with van der Waals surface area (Å²) in [6, 6.07) is 13.5. The largest absolute Gasteiger partial charge is 0.333 e. The van der Waals surface area contributed by atoms with Gasteiger partial charge in [0.15, 0.2) is 0 Å². The van der Waals surface area contributed by atoms with Crippen molar-refractivity contribution in [2.24, 2.45) is 0 Å². The van der Waals surface area contributed by atoms with Gasteiger partial charge in [-0.1, -0.05) is 29.8 Å². The van der Waals surface area contributed by atoms with Crippen LogP contribution < -0.4 is 4.90 Å². The zero-order valence-electron chi connectivity index (χ0n) is 13.0. The minimum atomic E-state index is 0.0171. The molecule has 0 unspecified atom stereocenters. The summed E-state index contributed by atoms with van der Waals surface area (Å²) in [6.45, 7) is 1.37. The summed E-state index contributed by atoms with van der Waals surface area (Å²) in [5.74, 6) is 0.0171. The van der Waals surface area contributed by atoms with Crippen molar-refractivity contribution in [1.29, 1.82) is 0 Å². The summed E-state index contributed by atoms with van der Waals surface area (Å²) in [6.07, 6.45) is 6.23. The van der Waals surface area contributed by atoms with Crippen LogP contribution in [0.3, 0.4) is 0 Å². The fourth-order valence-electron chi connectivity index (χ4n) is 3.15. The van der Waals surface area contributed by atoms with E-state index in [9.17, 15) is 4.79 Å². The Morgan fingerprint density at radius 2 is 2.08 bits per heavy atom. The monoisotopic (exact) mass is 337 g/mol. The van der Waals surface area contributed by atoms with Crippen molar-refractivity contribution >= 4 is 23.2 Å². The van der Waals surface area contributed by atoms with E-state index < -0.39 is 0 Å². The summed E-state index contributed by atoms with van der Waals surface area (Å²) in [5.41, 5.74) is 3.75. The maximum absolute atomic E-state index is 12.9. The molecule has 24 heavy (non-hydrogen) atoms. The SMILES string of the molecule is O=C(c1cccc(Cn2ccnc2)c1)N1CCc2c(Cl)cccc21. The molecule has 1 aromatic heterocycles. The molecule has 0 N–H and O–H groups in total. The first-order valence-electron chi connectivity index (χ1n) is 7.86. The molecule has 120 valence electrons. The molecule has 1 amide bonds. The zero-order chi connectivity index (χ0) is 16.5. The number of fused-ring (bicyclic) bond motifs is 1. The van der Waals surface area contributed by atoms with Crippen molar-refractivity contribution in [2.45, 2.75) is 13.0 Å². The average molecular weight is 338 g/mol. The molecule has 0 fully saturated rings. The molecule has 1 aliphatic rings. The summed E-state index contributed by atoms with van der Waals surface area (Å²) in [5, 5.41) is 0.733. The van der Waals surface area contributed by atoms with Crippen LogP contribution in [-0.4, -0.2) is 22.0 Å². The Morgan fingerprint density at radius 3 is 2.92 bits per heavy atom. The summed E-state index contributed by atoms with van der Waals surface area (Å²) in [4.78, 5) is 18.8. The molecule has 0 atom stereocenters. The lowest BCUT2D eigenvalue weighted by atomic mass is 10.1. The summed E-state index contributed by atoms with van der Waals surface area (Å²) < 4.78 is 1.98. The van der Waals surface area contributed by atoms with E-state index >= 15 is 0 Å². The minimum Gasteiger partial charge on any atom is -0.333 e. The Kier molecular flexibility index (Phi) is 3.82. The van der Waals surface area contributed by atoms with Crippen LogP contribution in [-0.2, 0) is 13.0 Å². The molecule has 3 aromatic rings. The van der Waals surface area contributed by atoms with Crippen LogP contribution in [0.2, 0.25) is 5.02 Å².